The van der Waals surface area contributed by atoms with E-state index in [-0.39, 0.29) is 91.2 Å². The maximum atomic E-state index is 16.3. The van der Waals surface area contributed by atoms with Crippen LogP contribution in [0.2, 0.25) is 20.1 Å². The van der Waals surface area contributed by atoms with Gasteiger partial charge in [0, 0.05) is 55.8 Å². The normalized spacial score (nSPS) is 25.7. The van der Waals surface area contributed by atoms with Crippen LogP contribution in [0, 0.1) is 5.92 Å². The molecular weight excluding hydrogens is 1660 g/mol. The van der Waals surface area contributed by atoms with Crippen molar-refractivity contribution < 1.29 is 112 Å². The van der Waals surface area contributed by atoms with Crippen LogP contribution in [0.5, 0.6) is 51.7 Å². The first-order chi connectivity index (χ1) is 57.2. The SMILES string of the molecule is C.CN[C@H](CC(C)C)C(=O)N[C@H]1C(=O)N[C@@H](CC(N)=O)C(=O)N[C@H]2C(=O)NC3C(=O)N[C@H](C(=O)N[C@@H](C(=O)NCCN)c4cc(O)cc(O)c4-c4cc3ccc4O)[C@H](O)c3ccc(c(Cl)c3)Oc3cc2cc(c3OC2OC(CN)C(O)C(O)C2OC2CC(NCc3ccc(OCc4ccc(Cl)c(Cl)c4)cc3)C(O)C(C)O2)Oc2ccc(cc2Cl)[C@H]1O. The molecule has 7 aliphatic rings. The number of benzene rings is 7. The number of carbonyl (C=O) groups excluding carboxylic acids is 8. The van der Waals surface area contributed by atoms with Gasteiger partial charge in [0.25, 0.3) is 0 Å². The fourth-order valence-corrected chi connectivity index (χ4v) is 15.3. The van der Waals surface area contributed by atoms with Crippen molar-refractivity contribution in [2.75, 3.05) is 26.7 Å². The van der Waals surface area contributed by atoms with Gasteiger partial charge in [-0.25, -0.2) is 0 Å². The van der Waals surface area contributed by atoms with E-state index >= 15 is 24.0 Å². The lowest BCUT2D eigenvalue weighted by atomic mass is 9.89. The van der Waals surface area contributed by atoms with Crippen molar-refractivity contribution in [3.63, 3.8) is 0 Å². The molecule has 10 unspecified atom stereocenters. The highest BCUT2D eigenvalue weighted by atomic mass is 35.5. The Kier molecular flexibility index (Phi) is 29.9. The third kappa shape index (κ3) is 21.0. The second kappa shape index (κ2) is 39.6. The van der Waals surface area contributed by atoms with Gasteiger partial charge in [-0.2, -0.15) is 0 Å². The van der Waals surface area contributed by atoms with Gasteiger partial charge in [0.2, 0.25) is 59.3 Å². The van der Waals surface area contributed by atoms with E-state index in [0.717, 1.165) is 65.7 Å². The van der Waals surface area contributed by atoms with Crippen LogP contribution in [-0.2, 0) is 65.7 Å². The summed E-state index contributed by atoms with van der Waals surface area (Å²) < 4.78 is 45.7. The maximum Gasteiger partial charge on any atom is 0.248 e. The average molecular weight is 1760 g/mol. The summed E-state index contributed by atoms with van der Waals surface area (Å²) in [5.41, 5.74) is 17.0. The number of hydrogen-bond donors (Lipinski definition) is 20. The molecule has 14 rings (SSSR count). The fourth-order valence-electron chi connectivity index (χ4n) is 14.5. The van der Waals surface area contributed by atoms with Crippen molar-refractivity contribution in [3.8, 4) is 62.9 Å². The van der Waals surface area contributed by atoms with Crippen molar-refractivity contribution >= 4 is 93.7 Å². The second-order valence-corrected chi connectivity index (χ2v) is 31.4. The standard InChI is InChI=1S/C81H90Cl4N12O23.CH4/c1-33(2)19-50(89-4)74(107)96-65-68(103)38-9-15-54(47(84)22-38)116-56-24-40-25-57(72(56)120-81-73(71(106)70(105)58(30-87)118-81)119-60-29-49(67(102)34(3)115-60)91-31-35-5-11-42(12-6-35)114-32-36-7-13-45(82)46(83)20-36)117-55-16-10-39(23-48(55)85)69(104)66-80(113)95-64(76(109)90-18-17-86)44-26-41(98)27-53(100)61(44)43-21-37(8-14-52(43)99)62(77(110)97-66)94-78(111)63(40)93-75(108)51(28-59(88)101)92-79(65)112;/h5-16,20-27,33-34,49-51,58,60,62-71,73,81,89,91,98-100,102-106H,17-19,28-32,86-87H2,1-4H3,(H2,88,101)(H,90,109)(H,92,112)(H,93,108)(H,94,111)(H,95,113)(H,96,107)(H,97,110);1H4/t34?,49?,50-,51+,58?,60?,62?,63-,64-,65-,66+,67?,68-,69-,70?,71?,73?,81?;/m1./s1. The lowest BCUT2D eigenvalue weighted by Crippen LogP contribution is -2.63. The zero-order valence-corrected chi connectivity index (χ0v) is 67.6. The van der Waals surface area contributed by atoms with E-state index in [9.17, 15) is 55.2 Å². The van der Waals surface area contributed by atoms with Gasteiger partial charge in [-0.1, -0.05) is 104 Å². The van der Waals surface area contributed by atoms with Gasteiger partial charge in [0.15, 0.2) is 23.9 Å². The zero-order chi connectivity index (χ0) is 86.4. The van der Waals surface area contributed by atoms with Gasteiger partial charge in [0.1, 0.15) is 108 Å². The molecule has 121 heavy (non-hydrogen) atoms. The molecule has 23 N–H and O–H groups in total. The number of aliphatic hydroxyl groups excluding tert-OH is 5. The Balaban J connectivity index is 0.0000143. The molecule has 7 aromatic carbocycles. The highest BCUT2D eigenvalue weighted by molar-refractivity contribution is 6.42. The minimum Gasteiger partial charge on any atom is -0.508 e. The van der Waals surface area contributed by atoms with E-state index in [2.05, 4.69) is 47.9 Å². The first kappa shape index (κ1) is 91.3. The smallest absolute Gasteiger partial charge is 0.248 e. The Morgan fingerprint density at radius 1 is 0.636 bits per heavy atom. The van der Waals surface area contributed by atoms with Gasteiger partial charge < -0.3 is 139 Å². The Labute approximate surface area is 713 Å². The van der Waals surface area contributed by atoms with Crippen molar-refractivity contribution in [1.29, 1.82) is 0 Å². The number of aliphatic hydroxyl groups is 5. The van der Waals surface area contributed by atoms with Gasteiger partial charge >= 0.3 is 0 Å². The average Bonchev–Trinajstić information content (AvgIpc) is 0.760. The molecule has 0 aliphatic carbocycles. The molecule has 0 spiro atoms. The molecular formula is C82H94Cl4N12O23. The number of halogens is 4. The summed E-state index contributed by atoms with van der Waals surface area (Å²) in [4.78, 5) is 120. The van der Waals surface area contributed by atoms with Crippen molar-refractivity contribution in [2.45, 2.75) is 170 Å². The summed E-state index contributed by atoms with van der Waals surface area (Å²) in [7, 11) is 1.48. The molecule has 39 heteroatoms. The number of phenols is 3. The first-order valence-electron chi connectivity index (χ1n) is 38.1. The van der Waals surface area contributed by atoms with Crippen LogP contribution in [0.15, 0.2) is 121 Å². The molecule has 35 nitrogen and oxygen atoms in total. The van der Waals surface area contributed by atoms with Crippen molar-refractivity contribution in [2.24, 2.45) is 23.1 Å². The molecule has 0 saturated carbocycles. The van der Waals surface area contributed by atoms with Crippen LogP contribution in [0.3, 0.4) is 0 Å². The van der Waals surface area contributed by atoms with Crippen molar-refractivity contribution in [3.05, 3.63) is 180 Å². The van der Waals surface area contributed by atoms with Crippen LogP contribution in [0.1, 0.15) is 117 Å². The van der Waals surface area contributed by atoms with Gasteiger partial charge in [0.05, 0.1) is 44.8 Å². The third-order valence-corrected chi connectivity index (χ3v) is 22.1. The molecule has 8 amide bonds. The van der Waals surface area contributed by atoms with E-state index in [0.29, 0.717) is 15.8 Å². The number of nitrogens with two attached hydrogens (primary N) is 3. The molecule has 7 aliphatic heterocycles. The number of phenolic OH excluding ortho intramolecular Hbond substituents is 3. The van der Waals surface area contributed by atoms with Crippen LogP contribution in [-0.4, -0.2) is 194 Å². The quantitative estimate of drug-likeness (QED) is 0.0483. The van der Waals surface area contributed by atoms with E-state index in [4.69, 9.17) is 96.8 Å². The lowest BCUT2D eigenvalue weighted by molar-refractivity contribution is -0.327. The monoisotopic (exact) mass is 1750 g/mol. The maximum absolute atomic E-state index is 16.3. The Morgan fingerprint density at radius 2 is 1.27 bits per heavy atom. The van der Waals surface area contributed by atoms with Gasteiger partial charge in [-0.3, -0.25) is 38.4 Å². The number of carbonyl (C=O) groups is 8. The largest absolute Gasteiger partial charge is 0.508 e. The highest BCUT2D eigenvalue weighted by Crippen LogP contribution is 2.50. The lowest BCUT2D eigenvalue weighted by Gasteiger charge is -2.45. The van der Waals surface area contributed by atoms with E-state index in [1.54, 1.807) is 37.3 Å². The predicted molar refractivity (Wildman–Crippen MR) is 438 cm³/mol. The number of amides is 8. The van der Waals surface area contributed by atoms with Crippen molar-refractivity contribution in [1.82, 2.24) is 47.9 Å². The van der Waals surface area contributed by atoms with E-state index < -0.39 is 226 Å². The number of likely N-dealkylation sites (N-methyl/N-ethyl adjacent to an activating group) is 1. The van der Waals surface area contributed by atoms with Gasteiger partial charge in [-0.15, -0.1) is 0 Å². The van der Waals surface area contributed by atoms with Crippen LogP contribution in [0.4, 0.5) is 0 Å². The zero-order valence-electron chi connectivity index (χ0n) is 64.6. The number of nitrogens with one attached hydrogen (secondary N) is 9. The minimum absolute atomic E-state index is 0. The molecule has 7 heterocycles. The Morgan fingerprint density at radius 3 is 1.90 bits per heavy atom. The summed E-state index contributed by atoms with van der Waals surface area (Å²) in [6.45, 7) is 4.79. The topological polar surface area (TPSA) is 549 Å². The van der Waals surface area contributed by atoms with Gasteiger partial charge in [-0.05, 0) is 144 Å². The summed E-state index contributed by atoms with van der Waals surface area (Å²) in [6, 6.07) is 11.9. The number of hydrogen-bond acceptors (Lipinski definition) is 27. The number of primary amides is 1. The minimum atomic E-state index is -2.34. The summed E-state index contributed by atoms with van der Waals surface area (Å²) in [5, 5.41) is 119. The van der Waals surface area contributed by atoms with E-state index in [1.807, 2.05) is 26.0 Å². The molecule has 2 fully saturated rings. The number of fused-ring (bicyclic) bond motifs is 15. The summed E-state index contributed by atoms with van der Waals surface area (Å²) in [6.07, 6.45) is -17.9. The third-order valence-electron chi connectivity index (χ3n) is 20.8. The first-order valence-corrected chi connectivity index (χ1v) is 39.6. The second-order valence-electron chi connectivity index (χ2n) is 29.7. The van der Waals surface area contributed by atoms with Crippen LogP contribution < -0.4 is 84.0 Å². The number of rotatable bonds is 21. The van der Waals surface area contributed by atoms with E-state index in [1.165, 1.54) is 31.3 Å². The summed E-state index contributed by atoms with van der Waals surface area (Å²) >= 11 is 26.7. The highest BCUT2D eigenvalue weighted by Gasteiger charge is 2.51. The molecule has 7 aromatic rings. The van der Waals surface area contributed by atoms with Crippen LogP contribution in [0.25, 0.3) is 11.1 Å². The number of aromatic hydroxyl groups is 3. The molecule has 2 saturated heterocycles. The Bertz CT molecular complexity index is 5020. The number of ether oxygens (including phenoxy) is 7. The van der Waals surface area contributed by atoms with Crippen LogP contribution >= 0.6 is 46.4 Å². The molecule has 648 valence electrons. The molecule has 11 bridgehead atoms. The molecule has 0 aromatic heterocycles. The fraction of sp³-hybridized carbons (Fsp3) is 0.390. The Hall–Kier alpha value is -10.4. The molecule has 18 atom stereocenters. The predicted octanol–water partition coefficient (Wildman–Crippen LogP) is 4.03. The summed E-state index contributed by atoms with van der Waals surface area (Å²) in [5.74, 6) is -14.1. The molecule has 0 radical (unpaired) electrons.